The van der Waals surface area contributed by atoms with E-state index in [1.165, 1.54) is 12.1 Å². The van der Waals surface area contributed by atoms with Gasteiger partial charge in [0.1, 0.15) is 11.5 Å². The number of pyridine rings is 1. The number of benzene rings is 2. The molecule has 1 aliphatic rings. The number of para-hydroxylation sites is 1. The van der Waals surface area contributed by atoms with Gasteiger partial charge in [0.25, 0.3) is 5.91 Å². The molecule has 0 spiro atoms. The van der Waals surface area contributed by atoms with Crippen LogP contribution in [0.5, 0.6) is 5.75 Å². The Hall–Kier alpha value is -3.45. The van der Waals surface area contributed by atoms with Crippen LogP contribution < -0.4 is 10.2 Å². The van der Waals surface area contributed by atoms with Crippen molar-refractivity contribution in [2.24, 2.45) is 0 Å². The summed E-state index contributed by atoms with van der Waals surface area (Å²) in [5.41, 5.74) is 3.13. The second-order valence-corrected chi connectivity index (χ2v) is 11.0. The molecule has 36 heavy (non-hydrogen) atoms. The quantitative estimate of drug-likeness (QED) is 0.253. The number of fused-ring (bicyclic) bond motifs is 5. The van der Waals surface area contributed by atoms with E-state index in [4.69, 9.17) is 9.72 Å². The van der Waals surface area contributed by atoms with Crippen molar-refractivity contribution in [3.8, 4) is 22.6 Å². The van der Waals surface area contributed by atoms with Crippen LogP contribution >= 0.6 is 7.92 Å². The van der Waals surface area contributed by atoms with E-state index in [1.807, 2.05) is 26.3 Å². The summed E-state index contributed by atoms with van der Waals surface area (Å²) < 4.78 is 48.3. The Morgan fingerprint density at radius 3 is 2.53 bits per heavy atom. The molecule has 0 radical (unpaired) electrons. The first-order valence-corrected chi connectivity index (χ1v) is 13.7. The molecule has 1 atom stereocenters. The number of hydrogen-bond donors (Lipinski definition) is 0. The summed E-state index contributed by atoms with van der Waals surface area (Å²) in [5, 5.41) is 0. The highest BCUT2D eigenvalue weighted by Crippen LogP contribution is 2.41. The third kappa shape index (κ3) is 3.91. The predicted molar refractivity (Wildman–Crippen MR) is 134 cm³/mol. The Labute approximate surface area is 207 Å². The molecule has 0 bridgehead atoms. The standard InChI is InChI=1S/C26H24F3N4O2P/c1-5-18-24-30-17-11-9-14(15-10-12-21(36(3)4)31-23(15)27)13-19(17)33(24)22-16(25(34)32(18)2)7-6-8-20(22)35-26(28)29/h6-13,18,26H,5H2,1-4H3. The van der Waals surface area contributed by atoms with Crippen LogP contribution in [-0.4, -0.2) is 52.3 Å². The van der Waals surface area contributed by atoms with E-state index in [0.29, 0.717) is 39.8 Å². The number of imidazole rings is 1. The molecular formula is C26H24F3N4O2P. The van der Waals surface area contributed by atoms with Crippen LogP contribution in [0.1, 0.15) is 35.6 Å². The van der Waals surface area contributed by atoms with Gasteiger partial charge in [-0.1, -0.05) is 27.0 Å². The highest BCUT2D eigenvalue weighted by Gasteiger charge is 2.35. The lowest BCUT2D eigenvalue weighted by atomic mass is 10.1. The molecule has 2 aromatic carbocycles. The van der Waals surface area contributed by atoms with Crippen LogP contribution in [0.25, 0.3) is 27.8 Å². The zero-order chi connectivity index (χ0) is 25.7. The van der Waals surface area contributed by atoms with Gasteiger partial charge in [0.2, 0.25) is 5.95 Å². The minimum absolute atomic E-state index is 0.136. The average Bonchev–Trinajstić information content (AvgIpc) is 3.17. The highest BCUT2D eigenvalue weighted by atomic mass is 31.1. The molecule has 1 amide bonds. The molecule has 10 heteroatoms. The molecule has 1 unspecified atom stereocenters. The van der Waals surface area contributed by atoms with Gasteiger partial charge in [-0.2, -0.15) is 13.2 Å². The molecule has 4 aromatic rings. The van der Waals surface area contributed by atoms with E-state index >= 15 is 4.39 Å². The van der Waals surface area contributed by atoms with Crippen molar-refractivity contribution >= 4 is 30.3 Å². The van der Waals surface area contributed by atoms with Gasteiger partial charge in [0.15, 0.2) is 5.75 Å². The number of nitrogens with zero attached hydrogens (tertiary/aromatic N) is 4. The zero-order valence-corrected chi connectivity index (χ0v) is 21.1. The maximum atomic E-state index is 15.0. The van der Waals surface area contributed by atoms with Crippen molar-refractivity contribution in [2.75, 3.05) is 20.4 Å². The molecule has 0 N–H and O–H groups in total. The van der Waals surface area contributed by atoms with E-state index in [2.05, 4.69) is 4.98 Å². The molecule has 0 aliphatic carbocycles. The summed E-state index contributed by atoms with van der Waals surface area (Å²) in [6.45, 7) is 2.85. The van der Waals surface area contributed by atoms with E-state index in [0.717, 1.165) is 0 Å². The fourth-order valence-corrected chi connectivity index (χ4v) is 5.35. The number of amides is 1. The summed E-state index contributed by atoms with van der Waals surface area (Å²) in [6, 6.07) is 12.9. The average molecular weight is 512 g/mol. The van der Waals surface area contributed by atoms with E-state index < -0.39 is 26.5 Å². The molecule has 186 valence electrons. The number of carbonyl (C=O) groups excluding carboxylic acids is 1. The summed E-state index contributed by atoms with van der Waals surface area (Å²) in [5.74, 6) is -0.528. The van der Waals surface area contributed by atoms with Gasteiger partial charge in [-0.15, -0.1) is 0 Å². The summed E-state index contributed by atoms with van der Waals surface area (Å²) >= 11 is 0. The van der Waals surface area contributed by atoms with Gasteiger partial charge in [-0.05, 0) is 61.7 Å². The molecule has 2 aromatic heterocycles. The van der Waals surface area contributed by atoms with Gasteiger partial charge < -0.3 is 9.64 Å². The van der Waals surface area contributed by atoms with Crippen LogP contribution in [0.3, 0.4) is 0 Å². The Morgan fingerprint density at radius 2 is 1.86 bits per heavy atom. The number of alkyl halides is 2. The molecule has 6 nitrogen and oxygen atoms in total. The SMILES string of the molecule is CCC1c2nc3ccc(-c4ccc(P(C)C)nc4F)cc3n2-c2c(OC(F)F)cccc2C(=O)N1C. The molecule has 0 saturated carbocycles. The van der Waals surface area contributed by atoms with Gasteiger partial charge >= 0.3 is 6.61 Å². The monoisotopic (exact) mass is 512 g/mol. The fraction of sp³-hybridized carbons (Fsp3) is 0.269. The van der Waals surface area contributed by atoms with Crippen LogP contribution in [-0.2, 0) is 0 Å². The number of carbonyl (C=O) groups is 1. The number of halogens is 3. The zero-order valence-electron chi connectivity index (χ0n) is 20.2. The van der Waals surface area contributed by atoms with Crippen molar-refractivity contribution < 1.29 is 22.7 Å². The fourth-order valence-electron chi connectivity index (χ4n) is 4.69. The van der Waals surface area contributed by atoms with E-state index in [9.17, 15) is 13.6 Å². The normalized spacial score (nSPS) is 15.4. The van der Waals surface area contributed by atoms with Crippen molar-refractivity contribution in [3.63, 3.8) is 0 Å². The first-order chi connectivity index (χ1) is 17.2. The van der Waals surface area contributed by atoms with Crippen LogP contribution in [0.4, 0.5) is 13.2 Å². The van der Waals surface area contributed by atoms with Gasteiger partial charge in [-0.25, -0.2) is 9.97 Å². The molecule has 0 fully saturated rings. The molecule has 1 aliphatic heterocycles. The van der Waals surface area contributed by atoms with Gasteiger partial charge in [-0.3, -0.25) is 9.36 Å². The Kier molecular flexibility index (Phi) is 6.20. The van der Waals surface area contributed by atoms with Crippen LogP contribution in [0, 0.1) is 5.95 Å². The topological polar surface area (TPSA) is 60.2 Å². The predicted octanol–water partition coefficient (Wildman–Crippen LogP) is 5.73. The summed E-state index contributed by atoms with van der Waals surface area (Å²) in [6.07, 6.45) is 0.550. The van der Waals surface area contributed by atoms with Gasteiger partial charge in [0.05, 0.1) is 28.1 Å². The molecule has 0 saturated heterocycles. The van der Waals surface area contributed by atoms with Crippen LogP contribution in [0.2, 0.25) is 0 Å². The van der Waals surface area contributed by atoms with Crippen molar-refractivity contribution in [1.29, 1.82) is 0 Å². The Morgan fingerprint density at radius 1 is 1.08 bits per heavy atom. The summed E-state index contributed by atoms with van der Waals surface area (Å²) in [4.78, 5) is 23.8. The maximum absolute atomic E-state index is 15.0. The number of hydrogen-bond acceptors (Lipinski definition) is 4. The van der Waals surface area contributed by atoms with Crippen molar-refractivity contribution in [2.45, 2.75) is 26.0 Å². The Balaban J connectivity index is 1.81. The minimum Gasteiger partial charge on any atom is -0.433 e. The minimum atomic E-state index is -3.08. The lowest BCUT2D eigenvalue weighted by Crippen LogP contribution is -2.30. The maximum Gasteiger partial charge on any atom is 0.387 e. The second-order valence-electron chi connectivity index (χ2n) is 8.78. The first-order valence-electron chi connectivity index (χ1n) is 11.4. The number of ether oxygens (including phenoxy) is 1. The Bertz CT molecular complexity index is 1490. The van der Waals surface area contributed by atoms with Crippen molar-refractivity contribution in [1.82, 2.24) is 19.4 Å². The third-order valence-electron chi connectivity index (χ3n) is 6.43. The van der Waals surface area contributed by atoms with Gasteiger partial charge in [0, 0.05) is 12.6 Å². The number of aromatic nitrogens is 3. The second kappa shape index (κ2) is 9.21. The molecule has 3 heterocycles. The third-order valence-corrected chi connectivity index (χ3v) is 7.59. The lowest BCUT2D eigenvalue weighted by molar-refractivity contribution is -0.0498. The van der Waals surface area contributed by atoms with Crippen LogP contribution in [0.15, 0.2) is 48.5 Å². The smallest absolute Gasteiger partial charge is 0.387 e. The summed E-state index contributed by atoms with van der Waals surface area (Å²) in [7, 11) is 1.11. The number of rotatable bonds is 5. The highest BCUT2D eigenvalue weighted by molar-refractivity contribution is 7.63. The van der Waals surface area contributed by atoms with E-state index in [1.54, 1.807) is 46.8 Å². The van der Waals surface area contributed by atoms with E-state index in [-0.39, 0.29) is 22.9 Å². The lowest BCUT2D eigenvalue weighted by Gasteiger charge is -2.24. The molecule has 5 rings (SSSR count). The largest absolute Gasteiger partial charge is 0.433 e. The van der Waals surface area contributed by atoms with Crippen molar-refractivity contribution in [3.05, 3.63) is 65.9 Å². The first kappa shape index (κ1) is 24.3. The molecular weight excluding hydrogens is 488 g/mol.